The minimum atomic E-state index is 0.885. The Morgan fingerprint density at radius 3 is 1.96 bits per heavy atom. The van der Waals surface area contributed by atoms with Crippen LogP contribution in [-0.2, 0) is 0 Å². The summed E-state index contributed by atoms with van der Waals surface area (Å²) in [7, 11) is 0. The van der Waals surface area contributed by atoms with Gasteiger partial charge in [-0.3, -0.25) is 0 Å². The van der Waals surface area contributed by atoms with E-state index in [1.807, 2.05) is 17.4 Å². The summed E-state index contributed by atoms with van der Waals surface area (Å²) in [4.78, 5) is 2.43. The Balaban J connectivity index is 1.23. The summed E-state index contributed by atoms with van der Waals surface area (Å²) in [6.07, 6.45) is 0. The Morgan fingerprint density at radius 2 is 1.09 bits per heavy atom. The van der Waals surface area contributed by atoms with Gasteiger partial charge in [0.15, 0.2) is 0 Å². The van der Waals surface area contributed by atoms with Crippen molar-refractivity contribution in [2.24, 2.45) is 0 Å². The zero-order valence-electron chi connectivity index (χ0n) is 25.4. The maximum Gasteiger partial charge on any atom is 0.137 e. The summed E-state index contributed by atoms with van der Waals surface area (Å²) >= 11 is 1.87. The predicted molar refractivity (Wildman–Crippen MR) is 202 cm³/mol. The van der Waals surface area contributed by atoms with Gasteiger partial charge in [0.25, 0.3) is 0 Å². The van der Waals surface area contributed by atoms with Gasteiger partial charge in [-0.1, -0.05) is 115 Å². The van der Waals surface area contributed by atoms with Gasteiger partial charge in [-0.25, -0.2) is 0 Å². The molecule has 0 amide bonds. The molecule has 0 aliphatic carbocycles. The number of benzene rings is 8. The molecule has 0 bridgehead atoms. The molecule has 0 spiro atoms. The fourth-order valence-corrected chi connectivity index (χ4v) is 8.50. The van der Waals surface area contributed by atoms with E-state index in [1.54, 1.807) is 0 Å². The molecular formula is C44H27NOS. The molecule has 10 aromatic rings. The Labute approximate surface area is 275 Å². The summed E-state index contributed by atoms with van der Waals surface area (Å²) in [5.74, 6) is 0. The highest BCUT2D eigenvalue weighted by atomic mass is 32.1. The van der Waals surface area contributed by atoms with Crippen molar-refractivity contribution in [1.29, 1.82) is 0 Å². The zero-order valence-corrected chi connectivity index (χ0v) is 26.2. The predicted octanol–water partition coefficient (Wildman–Crippen LogP) is 13.4. The summed E-state index contributed by atoms with van der Waals surface area (Å²) in [5, 5.41) is 9.84. The third-order valence-corrected chi connectivity index (χ3v) is 10.6. The van der Waals surface area contributed by atoms with Crippen LogP contribution in [0.3, 0.4) is 0 Å². The van der Waals surface area contributed by atoms with E-state index in [4.69, 9.17) is 4.42 Å². The normalized spacial score (nSPS) is 11.8. The molecule has 0 radical (unpaired) electrons. The molecule has 0 aliphatic heterocycles. The van der Waals surface area contributed by atoms with E-state index in [9.17, 15) is 0 Å². The third kappa shape index (κ3) is 4.10. The molecule has 220 valence electrons. The largest absolute Gasteiger partial charge is 0.456 e. The van der Waals surface area contributed by atoms with E-state index in [1.165, 1.54) is 52.8 Å². The smallest absolute Gasteiger partial charge is 0.137 e. The van der Waals surface area contributed by atoms with Gasteiger partial charge >= 0.3 is 0 Å². The first kappa shape index (κ1) is 26.3. The molecule has 0 aliphatic rings. The number of fused-ring (bicyclic) bond motifs is 8. The van der Waals surface area contributed by atoms with E-state index in [0.29, 0.717) is 0 Å². The molecule has 2 aromatic heterocycles. The van der Waals surface area contributed by atoms with Crippen molar-refractivity contribution < 1.29 is 4.42 Å². The number of hydrogen-bond donors (Lipinski definition) is 0. The second-order valence-electron chi connectivity index (χ2n) is 12.1. The fourth-order valence-electron chi connectivity index (χ4n) is 7.26. The van der Waals surface area contributed by atoms with Gasteiger partial charge < -0.3 is 9.32 Å². The van der Waals surface area contributed by atoms with Gasteiger partial charge in [0.05, 0.1) is 21.5 Å². The summed E-state index contributed by atoms with van der Waals surface area (Å²) < 4.78 is 8.95. The number of anilines is 3. The van der Waals surface area contributed by atoms with Gasteiger partial charge in [0.1, 0.15) is 11.2 Å². The lowest BCUT2D eigenvalue weighted by Crippen LogP contribution is -2.10. The molecule has 0 unspecified atom stereocenters. The molecule has 2 nitrogen and oxygen atoms in total. The van der Waals surface area contributed by atoms with Crippen LogP contribution >= 0.6 is 11.3 Å². The maximum absolute atomic E-state index is 6.39. The summed E-state index contributed by atoms with van der Waals surface area (Å²) in [6, 6.07) is 59.0. The molecule has 0 fully saturated rings. The number of para-hydroxylation sites is 1. The van der Waals surface area contributed by atoms with Crippen molar-refractivity contribution >= 4 is 92.1 Å². The Hall–Kier alpha value is -5.90. The summed E-state index contributed by atoms with van der Waals surface area (Å²) in [6.45, 7) is 0. The van der Waals surface area contributed by atoms with Gasteiger partial charge in [-0.05, 0) is 81.2 Å². The Kier molecular flexibility index (Phi) is 5.78. The van der Waals surface area contributed by atoms with Crippen molar-refractivity contribution in [1.82, 2.24) is 0 Å². The number of furan rings is 1. The lowest BCUT2D eigenvalue weighted by molar-refractivity contribution is 0.669. The minimum absolute atomic E-state index is 0.885. The van der Waals surface area contributed by atoms with Crippen molar-refractivity contribution in [3.8, 4) is 11.1 Å². The van der Waals surface area contributed by atoms with Gasteiger partial charge in [0, 0.05) is 26.5 Å². The topological polar surface area (TPSA) is 16.4 Å². The monoisotopic (exact) mass is 617 g/mol. The first-order valence-corrected chi connectivity index (χ1v) is 16.7. The van der Waals surface area contributed by atoms with Crippen LogP contribution in [0.15, 0.2) is 168 Å². The zero-order chi connectivity index (χ0) is 30.9. The van der Waals surface area contributed by atoms with Crippen molar-refractivity contribution in [2.75, 3.05) is 4.90 Å². The molecule has 8 aromatic carbocycles. The first-order chi connectivity index (χ1) is 23.3. The van der Waals surface area contributed by atoms with Crippen LogP contribution in [0.4, 0.5) is 17.1 Å². The highest BCUT2D eigenvalue weighted by Crippen LogP contribution is 2.48. The van der Waals surface area contributed by atoms with Gasteiger partial charge in [-0.15, -0.1) is 11.3 Å². The Morgan fingerprint density at radius 1 is 0.447 bits per heavy atom. The molecule has 47 heavy (non-hydrogen) atoms. The van der Waals surface area contributed by atoms with E-state index >= 15 is 0 Å². The molecule has 0 saturated carbocycles. The van der Waals surface area contributed by atoms with Crippen molar-refractivity contribution in [3.63, 3.8) is 0 Å². The van der Waals surface area contributed by atoms with Gasteiger partial charge in [-0.2, -0.15) is 0 Å². The quantitative estimate of drug-likeness (QED) is 0.195. The third-order valence-electron chi connectivity index (χ3n) is 9.43. The van der Waals surface area contributed by atoms with Crippen LogP contribution in [0.5, 0.6) is 0 Å². The van der Waals surface area contributed by atoms with Crippen molar-refractivity contribution in [3.05, 3.63) is 164 Å². The molecule has 3 heteroatoms. The Bertz CT molecular complexity index is 2800. The molecule has 0 saturated heterocycles. The second kappa shape index (κ2) is 10.3. The number of hydrogen-bond acceptors (Lipinski definition) is 3. The lowest BCUT2D eigenvalue weighted by atomic mass is 9.98. The second-order valence-corrected chi connectivity index (χ2v) is 13.2. The molecule has 2 heterocycles. The van der Waals surface area contributed by atoms with E-state index in [-0.39, 0.29) is 0 Å². The molecular weight excluding hydrogens is 591 g/mol. The van der Waals surface area contributed by atoms with E-state index in [0.717, 1.165) is 39.0 Å². The van der Waals surface area contributed by atoms with Crippen LogP contribution in [0.25, 0.3) is 74.8 Å². The summed E-state index contributed by atoms with van der Waals surface area (Å²) in [5.41, 5.74) is 7.57. The standard InChI is InChI=1S/C44H27NOS/c1-2-12-31-27-42-37(26-30(31)11-1)35-17-8-19-39(44(35)47-42)45(38-18-9-21-41-43(38)36-15-5-6-20-40(36)46-41)32-24-22-29(23-25-32)34-16-7-13-28-10-3-4-14-33(28)34/h1-27H. The average molecular weight is 618 g/mol. The number of thiophene rings is 1. The first-order valence-electron chi connectivity index (χ1n) is 15.9. The fraction of sp³-hybridized carbons (Fsp3) is 0. The molecule has 10 rings (SSSR count). The molecule has 0 N–H and O–H groups in total. The van der Waals surface area contributed by atoms with Crippen LogP contribution in [0.1, 0.15) is 0 Å². The highest BCUT2D eigenvalue weighted by molar-refractivity contribution is 7.26. The van der Waals surface area contributed by atoms with E-state index in [2.05, 4.69) is 163 Å². The van der Waals surface area contributed by atoms with E-state index < -0.39 is 0 Å². The number of rotatable bonds is 4. The number of nitrogens with zero attached hydrogens (tertiary/aromatic N) is 1. The van der Waals surface area contributed by atoms with Crippen LogP contribution in [0, 0.1) is 0 Å². The maximum atomic E-state index is 6.39. The van der Waals surface area contributed by atoms with Crippen LogP contribution in [0.2, 0.25) is 0 Å². The van der Waals surface area contributed by atoms with Gasteiger partial charge in [0.2, 0.25) is 0 Å². The average Bonchev–Trinajstić information content (AvgIpc) is 3.70. The van der Waals surface area contributed by atoms with Crippen LogP contribution < -0.4 is 4.90 Å². The van der Waals surface area contributed by atoms with Crippen LogP contribution in [-0.4, -0.2) is 0 Å². The lowest BCUT2D eigenvalue weighted by Gasteiger charge is -2.27. The SMILES string of the molecule is c1ccc2cc3c(cc2c1)sc1c(N(c2ccc(-c4cccc5ccccc45)cc2)c2cccc4oc5ccccc5c24)cccc13. The molecule has 0 atom stereocenters. The minimum Gasteiger partial charge on any atom is -0.456 e. The highest BCUT2D eigenvalue weighted by Gasteiger charge is 2.22. The van der Waals surface area contributed by atoms with Crippen molar-refractivity contribution in [2.45, 2.75) is 0 Å².